The van der Waals surface area contributed by atoms with Crippen LogP contribution in [0.4, 0.5) is 0 Å². The number of imidazole rings is 1. The van der Waals surface area contributed by atoms with Crippen LogP contribution in [0.1, 0.15) is 26.1 Å². The van der Waals surface area contributed by atoms with Gasteiger partial charge in [0.1, 0.15) is 5.82 Å². The van der Waals surface area contributed by atoms with Gasteiger partial charge in [0.15, 0.2) is 0 Å². The van der Waals surface area contributed by atoms with Crippen molar-refractivity contribution in [2.45, 2.75) is 32.9 Å². The summed E-state index contributed by atoms with van der Waals surface area (Å²) >= 11 is 2.31. The van der Waals surface area contributed by atoms with Gasteiger partial charge in [-0.15, -0.1) is 0 Å². The molecule has 0 saturated carbocycles. The van der Waals surface area contributed by atoms with Crippen molar-refractivity contribution in [1.29, 1.82) is 0 Å². The van der Waals surface area contributed by atoms with Crippen molar-refractivity contribution in [3.05, 3.63) is 39.9 Å². The zero-order chi connectivity index (χ0) is 13.0. The normalized spacial score (nSPS) is 12.6. The molecule has 0 aliphatic rings. The quantitative estimate of drug-likeness (QED) is 0.805. The van der Waals surface area contributed by atoms with Crippen molar-refractivity contribution < 1.29 is 0 Å². The Morgan fingerprint density at radius 3 is 2.72 bits per heavy atom. The van der Waals surface area contributed by atoms with Crippen LogP contribution in [0.15, 0.2) is 30.5 Å². The molecular formula is C14H18IN3. The maximum atomic E-state index is 4.40. The molecule has 2 N–H and O–H groups in total. The van der Waals surface area contributed by atoms with Crippen molar-refractivity contribution in [3.8, 4) is 11.3 Å². The molecule has 4 heteroatoms. The van der Waals surface area contributed by atoms with E-state index in [9.17, 15) is 0 Å². The summed E-state index contributed by atoms with van der Waals surface area (Å²) in [6, 6.07) is 8.96. The topological polar surface area (TPSA) is 40.7 Å². The minimum atomic E-state index is 0.525. The minimum absolute atomic E-state index is 0.525. The number of H-pyrrole nitrogens is 1. The van der Waals surface area contributed by atoms with Crippen LogP contribution in [0.25, 0.3) is 11.3 Å². The summed E-state index contributed by atoms with van der Waals surface area (Å²) in [7, 11) is 0. The van der Waals surface area contributed by atoms with Crippen LogP contribution in [0.3, 0.4) is 0 Å². The highest BCUT2D eigenvalue weighted by Crippen LogP contribution is 2.18. The predicted octanol–water partition coefficient (Wildman–Crippen LogP) is 3.57. The number of hydrogen-bond acceptors (Lipinski definition) is 2. The number of benzene rings is 1. The van der Waals surface area contributed by atoms with E-state index >= 15 is 0 Å². The van der Waals surface area contributed by atoms with Crippen molar-refractivity contribution in [2.24, 2.45) is 0 Å². The van der Waals surface area contributed by atoms with Gasteiger partial charge in [0, 0.05) is 9.61 Å². The van der Waals surface area contributed by atoms with E-state index in [2.05, 4.69) is 76.0 Å². The number of halogens is 1. The van der Waals surface area contributed by atoms with E-state index in [1.807, 2.05) is 6.20 Å². The van der Waals surface area contributed by atoms with Gasteiger partial charge in [-0.3, -0.25) is 0 Å². The molecule has 0 bridgehead atoms. The lowest BCUT2D eigenvalue weighted by Gasteiger charge is -2.08. The first-order valence-corrected chi connectivity index (χ1v) is 7.30. The molecule has 1 atom stereocenters. The highest BCUT2D eigenvalue weighted by atomic mass is 127. The fourth-order valence-corrected chi connectivity index (χ4v) is 2.00. The van der Waals surface area contributed by atoms with E-state index in [0.29, 0.717) is 6.04 Å². The van der Waals surface area contributed by atoms with Gasteiger partial charge >= 0.3 is 0 Å². The van der Waals surface area contributed by atoms with Crippen LogP contribution in [0.2, 0.25) is 0 Å². The Morgan fingerprint density at radius 2 is 2.06 bits per heavy atom. The standard InChI is InChI=1S/C14H18IN3/c1-3-10(2)16-9-14-17-8-13(18-14)11-4-6-12(15)7-5-11/h4-8,10,16H,3,9H2,1-2H3,(H,17,18). The first kappa shape index (κ1) is 13.5. The summed E-state index contributed by atoms with van der Waals surface area (Å²) in [4.78, 5) is 7.75. The van der Waals surface area contributed by atoms with Gasteiger partial charge in [0.25, 0.3) is 0 Å². The SMILES string of the molecule is CCC(C)NCc1ncc(-c2ccc(I)cc2)[nH]1. The van der Waals surface area contributed by atoms with Gasteiger partial charge in [0.05, 0.1) is 18.4 Å². The molecule has 1 aromatic heterocycles. The molecule has 0 aliphatic carbocycles. The fraction of sp³-hybridized carbons (Fsp3) is 0.357. The lowest BCUT2D eigenvalue weighted by molar-refractivity contribution is 0.525. The molecule has 2 rings (SSSR count). The number of aromatic nitrogens is 2. The van der Waals surface area contributed by atoms with E-state index in [-0.39, 0.29) is 0 Å². The van der Waals surface area contributed by atoms with Crippen molar-refractivity contribution >= 4 is 22.6 Å². The number of rotatable bonds is 5. The molecule has 0 radical (unpaired) electrons. The third-order valence-electron chi connectivity index (χ3n) is 3.01. The zero-order valence-corrected chi connectivity index (χ0v) is 12.9. The number of hydrogen-bond donors (Lipinski definition) is 2. The van der Waals surface area contributed by atoms with Crippen LogP contribution in [-0.4, -0.2) is 16.0 Å². The van der Waals surface area contributed by atoms with Gasteiger partial charge in [-0.25, -0.2) is 4.98 Å². The Labute approximate surface area is 122 Å². The third kappa shape index (κ3) is 3.55. The van der Waals surface area contributed by atoms with Crippen LogP contribution in [0, 0.1) is 3.57 Å². The maximum Gasteiger partial charge on any atom is 0.120 e. The summed E-state index contributed by atoms with van der Waals surface area (Å²) in [5.74, 6) is 0.990. The highest BCUT2D eigenvalue weighted by molar-refractivity contribution is 14.1. The lowest BCUT2D eigenvalue weighted by Crippen LogP contribution is -2.24. The minimum Gasteiger partial charge on any atom is -0.341 e. The molecule has 0 amide bonds. The van der Waals surface area contributed by atoms with Crippen LogP contribution in [-0.2, 0) is 6.54 Å². The molecule has 2 aromatic rings. The molecule has 1 aromatic carbocycles. The molecule has 0 saturated heterocycles. The largest absolute Gasteiger partial charge is 0.341 e. The Balaban J connectivity index is 2.03. The smallest absolute Gasteiger partial charge is 0.120 e. The van der Waals surface area contributed by atoms with Crippen LogP contribution < -0.4 is 5.32 Å². The average Bonchev–Trinajstić information content (AvgIpc) is 2.85. The summed E-state index contributed by atoms with van der Waals surface area (Å²) in [6.45, 7) is 5.15. The Bertz CT molecular complexity index is 490. The van der Waals surface area contributed by atoms with Gasteiger partial charge in [-0.1, -0.05) is 19.1 Å². The molecule has 0 fully saturated rings. The van der Waals surface area contributed by atoms with E-state index < -0.39 is 0 Å². The second kappa shape index (κ2) is 6.33. The molecule has 3 nitrogen and oxygen atoms in total. The molecule has 0 spiro atoms. The van der Waals surface area contributed by atoms with Gasteiger partial charge < -0.3 is 10.3 Å². The highest BCUT2D eigenvalue weighted by Gasteiger charge is 2.04. The summed E-state index contributed by atoms with van der Waals surface area (Å²) < 4.78 is 1.24. The van der Waals surface area contributed by atoms with Crippen molar-refractivity contribution in [3.63, 3.8) is 0 Å². The molecular weight excluding hydrogens is 337 g/mol. The van der Waals surface area contributed by atoms with Crippen molar-refractivity contribution in [2.75, 3.05) is 0 Å². The summed E-state index contributed by atoms with van der Waals surface area (Å²) in [5, 5.41) is 3.43. The van der Waals surface area contributed by atoms with Crippen LogP contribution in [0.5, 0.6) is 0 Å². The molecule has 0 aliphatic heterocycles. The van der Waals surface area contributed by atoms with Gasteiger partial charge in [-0.2, -0.15) is 0 Å². The second-order valence-electron chi connectivity index (χ2n) is 4.44. The predicted molar refractivity (Wildman–Crippen MR) is 83.3 cm³/mol. The molecule has 1 unspecified atom stereocenters. The monoisotopic (exact) mass is 355 g/mol. The van der Waals surface area contributed by atoms with E-state index in [0.717, 1.165) is 24.5 Å². The third-order valence-corrected chi connectivity index (χ3v) is 3.73. The number of nitrogens with zero attached hydrogens (tertiary/aromatic N) is 1. The number of aromatic amines is 1. The first-order chi connectivity index (χ1) is 8.69. The Kier molecular flexibility index (Phi) is 4.77. The van der Waals surface area contributed by atoms with E-state index in [4.69, 9.17) is 0 Å². The van der Waals surface area contributed by atoms with Crippen LogP contribution >= 0.6 is 22.6 Å². The van der Waals surface area contributed by atoms with E-state index in [1.165, 1.54) is 9.13 Å². The average molecular weight is 355 g/mol. The summed E-state index contributed by atoms with van der Waals surface area (Å²) in [5.41, 5.74) is 2.25. The second-order valence-corrected chi connectivity index (χ2v) is 5.69. The molecule has 96 valence electrons. The maximum absolute atomic E-state index is 4.40. The van der Waals surface area contributed by atoms with E-state index in [1.54, 1.807) is 0 Å². The molecule has 1 heterocycles. The lowest BCUT2D eigenvalue weighted by atomic mass is 10.2. The van der Waals surface area contributed by atoms with Gasteiger partial charge in [-0.05, 0) is 53.6 Å². The summed E-state index contributed by atoms with van der Waals surface area (Å²) in [6.07, 6.45) is 3.03. The van der Waals surface area contributed by atoms with Crippen molar-refractivity contribution in [1.82, 2.24) is 15.3 Å². The Morgan fingerprint density at radius 1 is 1.33 bits per heavy atom. The molecule has 18 heavy (non-hydrogen) atoms. The number of nitrogens with one attached hydrogen (secondary N) is 2. The first-order valence-electron chi connectivity index (χ1n) is 6.22. The Hall–Kier alpha value is -0.880. The zero-order valence-electron chi connectivity index (χ0n) is 10.7. The fourth-order valence-electron chi connectivity index (χ4n) is 1.64. The van der Waals surface area contributed by atoms with Gasteiger partial charge in [0.2, 0.25) is 0 Å².